The molecule has 0 heterocycles. The molecule has 0 amide bonds. The van der Waals surface area contributed by atoms with Crippen LogP contribution in [0.1, 0.15) is 22.8 Å². The number of nitrogens with one attached hydrogen (secondary N) is 1. The van der Waals surface area contributed by atoms with E-state index in [4.69, 9.17) is 14.2 Å². The Hall–Kier alpha value is -3.07. The van der Waals surface area contributed by atoms with Crippen LogP contribution < -0.4 is 5.32 Å². The zero-order valence-electron chi connectivity index (χ0n) is 15.6. The van der Waals surface area contributed by atoms with E-state index in [0.29, 0.717) is 5.69 Å². The Labute approximate surface area is 165 Å². The number of hydrogen-bond donors (Lipinski definition) is 1. The predicted molar refractivity (Wildman–Crippen MR) is 98.9 cm³/mol. The first-order valence-corrected chi connectivity index (χ1v) is 8.69. The molecule has 0 aliphatic carbocycles. The summed E-state index contributed by atoms with van der Waals surface area (Å²) in [6.07, 6.45) is -4.47. The lowest BCUT2D eigenvalue weighted by Crippen LogP contribution is -2.14. The molecule has 156 valence electrons. The number of para-hydroxylation sites is 1. The molecule has 0 aliphatic heterocycles. The van der Waals surface area contributed by atoms with Crippen LogP contribution >= 0.6 is 0 Å². The van der Waals surface area contributed by atoms with Gasteiger partial charge in [0, 0.05) is 12.6 Å². The van der Waals surface area contributed by atoms with Gasteiger partial charge in [-0.2, -0.15) is 13.2 Å². The van der Waals surface area contributed by atoms with Crippen molar-refractivity contribution in [3.8, 4) is 0 Å². The minimum Gasteiger partial charge on any atom is -0.463 e. The normalized spacial score (nSPS) is 11.0. The first-order chi connectivity index (χ1) is 13.8. The molecule has 0 atom stereocenters. The van der Waals surface area contributed by atoms with Crippen LogP contribution in [0.2, 0.25) is 0 Å². The van der Waals surface area contributed by atoms with Crippen molar-refractivity contribution in [2.24, 2.45) is 0 Å². The number of rotatable bonds is 9. The fourth-order valence-corrected chi connectivity index (χ4v) is 2.32. The summed E-state index contributed by atoms with van der Waals surface area (Å²) in [5.41, 5.74) is -0.125. The van der Waals surface area contributed by atoms with Crippen LogP contribution in [0.15, 0.2) is 48.5 Å². The fraction of sp³-hybridized carbons (Fsp3) is 0.300. The zero-order valence-corrected chi connectivity index (χ0v) is 15.6. The van der Waals surface area contributed by atoms with Crippen molar-refractivity contribution in [2.45, 2.75) is 13.1 Å². The number of esters is 2. The predicted octanol–water partition coefficient (Wildman–Crippen LogP) is 4.19. The van der Waals surface area contributed by atoms with E-state index in [1.807, 2.05) is 0 Å². The zero-order chi connectivity index (χ0) is 21.3. The SMILES string of the molecule is CC(=O)OCCOCCOC(=O)c1ccccc1Nc1cccc(C(F)(F)F)c1. The lowest BCUT2D eigenvalue weighted by Gasteiger charge is -2.13. The summed E-state index contributed by atoms with van der Waals surface area (Å²) in [4.78, 5) is 22.9. The van der Waals surface area contributed by atoms with E-state index in [9.17, 15) is 22.8 Å². The molecular weight excluding hydrogens is 391 g/mol. The van der Waals surface area contributed by atoms with Gasteiger partial charge in [-0.15, -0.1) is 0 Å². The van der Waals surface area contributed by atoms with Crippen LogP contribution in [0.25, 0.3) is 0 Å². The quantitative estimate of drug-likeness (QED) is 0.493. The van der Waals surface area contributed by atoms with Gasteiger partial charge in [0.05, 0.1) is 30.0 Å². The van der Waals surface area contributed by atoms with E-state index in [1.165, 1.54) is 25.1 Å². The summed E-state index contributed by atoms with van der Waals surface area (Å²) in [6.45, 7) is 1.64. The number of ether oxygens (including phenoxy) is 3. The van der Waals surface area contributed by atoms with Crippen LogP contribution in [-0.4, -0.2) is 38.4 Å². The highest BCUT2D eigenvalue weighted by atomic mass is 19.4. The summed E-state index contributed by atoms with van der Waals surface area (Å²) >= 11 is 0. The molecule has 0 aliphatic rings. The number of alkyl halides is 3. The van der Waals surface area contributed by atoms with Crippen molar-refractivity contribution >= 4 is 23.3 Å². The van der Waals surface area contributed by atoms with Gasteiger partial charge in [0.2, 0.25) is 0 Å². The van der Waals surface area contributed by atoms with Crippen molar-refractivity contribution in [2.75, 3.05) is 31.7 Å². The Bertz CT molecular complexity index is 839. The number of anilines is 2. The van der Waals surface area contributed by atoms with Gasteiger partial charge >= 0.3 is 18.1 Å². The molecule has 0 bridgehead atoms. The van der Waals surface area contributed by atoms with E-state index in [2.05, 4.69) is 5.32 Å². The fourth-order valence-electron chi connectivity index (χ4n) is 2.32. The van der Waals surface area contributed by atoms with Crippen molar-refractivity contribution in [1.29, 1.82) is 0 Å². The number of carbonyl (C=O) groups excluding carboxylic acids is 2. The summed E-state index contributed by atoms with van der Waals surface area (Å²) in [7, 11) is 0. The molecule has 0 spiro atoms. The highest BCUT2D eigenvalue weighted by Crippen LogP contribution is 2.31. The summed E-state index contributed by atoms with van der Waals surface area (Å²) in [5.74, 6) is -1.06. The van der Waals surface area contributed by atoms with Crippen LogP contribution in [-0.2, 0) is 25.2 Å². The Morgan fingerprint density at radius 3 is 2.31 bits per heavy atom. The third kappa shape index (κ3) is 7.46. The van der Waals surface area contributed by atoms with Crippen LogP contribution in [0, 0.1) is 0 Å². The van der Waals surface area contributed by atoms with Gasteiger partial charge in [-0.05, 0) is 30.3 Å². The number of hydrogen-bond acceptors (Lipinski definition) is 6. The van der Waals surface area contributed by atoms with Gasteiger partial charge in [-0.25, -0.2) is 4.79 Å². The number of halogens is 3. The van der Waals surface area contributed by atoms with Crippen LogP contribution in [0.5, 0.6) is 0 Å². The van der Waals surface area contributed by atoms with Gasteiger partial charge in [0.15, 0.2) is 0 Å². The van der Waals surface area contributed by atoms with Crippen molar-refractivity contribution in [3.63, 3.8) is 0 Å². The lowest BCUT2D eigenvalue weighted by molar-refractivity contribution is -0.142. The molecule has 2 rings (SSSR count). The van der Waals surface area contributed by atoms with Crippen molar-refractivity contribution in [1.82, 2.24) is 0 Å². The molecule has 0 saturated carbocycles. The van der Waals surface area contributed by atoms with Gasteiger partial charge < -0.3 is 19.5 Å². The smallest absolute Gasteiger partial charge is 0.416 e. The molecule has 9 heteroatoms. The average molecular weight is 411 g/mol. The minimum atomic E-state index is -4.47. The van der Waals surface area contributed by atoms with Gasteiger partial charge in [0.1, 0.15) is 13.2 Å². The molecule has 0 fully saturated rings. The summed E-state index contributed by atoms with van der Waals surface area (Å²) in [5, 5.41) is 2.81. The molecule has 6 nitrogen and oxygen atoms in total. The second kappa shape index (κ2) is 10.5. The largest absolute Gasteiger partial charge is 0.463 e. The lowest BCUT2D eigenvalue weighted by atomic mass is 10.1. The van der Waals surface area contributed by atoms with Gasteiger partial charge in [0.25, 0.3) is 0 Å². The van der Waals surface area contributed by atoms with Crippen molar-refractivity contribution in [3.05, 3.63) is 59.7 Å². The van der Waals surface area contributed by atoms with Gasteiger partial charge in [-0.3, -0.25) is 4.79 Å². The standard InChI is InChI=1S/C20H20F3NO5/c1-14(25)28-11-9-27-10-12-29-19(26)17-7-2-3-8-18(17)24-16-6-4-5-15(13-16)20(21,22)23/h2-8,13,24H,9-12H2,1H3. The van der Waals surface area contributed by atoms with E-state index in [0.717, 1.165) is 12.1 Å². The topological polar surface area (TPSA) is 73.9 Å². The third-order valence-electron chi connectivity index (χ3n) is 3.61. The highest BCUT2D eigenvalue weighted by Gasteiger charge is 2.30. The summed E-state index contributed by atoms with van der Waals surface area (Å²) < 4.78 is 53.6. The van der Waals surface area contributed by atoms with E-state index in [-0.39, 0.29) is 37.7 Å². The van der Waals surface area contributed by atoms with E-state index in [1.54, 1.807) is 18.2 Å². The van der Waals surface area contributed by atoms with Gasteiger partial charge in [-0.1, -0.05) is 18.2 Å². The van der Waals surface area contributed by atoms with Crippen LogP contribution in [0.3, 0.4) is 0 Å². The second-order valence-corrected chi connectivity index (χ2v) is 5.84. The second-order valence-electron chi connectivity index (χ2n) is 5.84. The third-order valence-corrected chi connectivity index (χ3v) is 3.61. The highest BCUT2D eigenvalue weighted by molar-refractivity contribution is 5.96. The molecule has 2 aromatic rings. The molecule has 0 unspecified atom stereocenters. The van der Waals surface area contributed by atoms with E-state index >= 15 is 0 Å². The Balaban J connectivity index is 1.93. The first-order valence-electron chi connectivity index (χ1n) is 8.69. The molecule has 1 N–H and O–H groups in total. The Kier molecular flexibility index (Phi) is 8.02. The molecule has 2 aromatic carbocycles. The molecule has 0 saturated heterocycles. The number of benzene rings is 2. The average Bonchev–Trinajstić information content (AvgIpc) is 2.67. The minimum absolute atomic E-state index is 0.0310. The summed E-state index contributed by atoms with van der Waals surface area (Å²) in [6, 6.07) is 11.0. The molecular formula is C20H20F3NO5. The molecule has 0 radical (unpaired) electrons. The maximum absolute atomic E-state index is 12.9. The molecule has 29 heavy (non-hydrogen) atoms. The van der Waals surface area contributed by atoms with Crippen LogP contribution in [0.4, 0.5) is 24.5 Å². The molecule has 0 aromatic heterocycles. The monoisotopic (exact) mass is 411 g/mol. The maximum Gasteiger partial charge on any atom is 0.416 e. The Morgan fingerprint density at radius 1 is 0.931 bits per heavy atom. The van der Waals surface area contributed by atoms with Crippen molar-refractivity contribution < 1.29 is 37.0 Å². The Morgan fingerprint density at radius 2 is 1.62 bits per heavy atom. The van der Waals surface area contributed by atoms with E-state index < -0.39 is 23.7 Å². The number of carbonyl (C=O) groups is 2. The maximum atomic E-state index is 12.9. The first kappa shape index (κ1) is 22.2.